The van der Waals surface area contributed by atoms with Crippen molar-refractivity contribution in [1.82, 2.24) is 4.98 Å². The molecular formula is C20H19ClN4. The van der Waals surface area contributed by atoms with E-state index in [1.807, 2.05) is 63.5 Å². The van der Waals surface area contributed by atoms with E-state index >= 15 is 0 Å². The van der Waals surface area contributed by atoms with Gasteiger partial charge in [0.2, 0.25) is 0 Å². The van der Waals surface area contributed by atoms with E-state index in [1.165, 1.54) is 5.56 Å². The minimum absolute atomic E-state index is 0.422. The van der Waals surface area contributed by atoms with Crippen LogP contribution in [-0.2, 0) is 0 Å². The topological polar surface area (TPSA) is 40.9 Å². The Hall–Kier alpha value is -2.72. The molecular weight excluding hydrogens is 332 g/mol. The van der Waals surface area contributed by atoms with Gasteiger partial charge in [0, 0.05) is 30.7 Å². The average molecular weight is 351 g/mol. The third kappa shape index (κ3) is 4.22. The maximum atomic E-state index is 6.23. The number of hydrogen-bond donors (Lipinski definition) is 0. The van der Waals surface area contributed by atoms with Crippen molar-refractivity contribution in [1.29, 1.82) is 0 Å². The van der Waals surface area contributed by atoms with Crippen molar-refractivity contribution in [2.24, 2.45) is 10.2 Å². The Kier molecular flexibility index (Phi) is 5.10. The smallest absolute Gasteiger partial charge is 0.138 e. The molecule has 5 heteroatoms. The molecule has 0 aliphatic carbocycles. The van der Waals surface area contributed by atoms with Gasteiger partial charge in [0.15, 0.2) is 0 Å². The van der Waals surface area contributed by atoms with E-state index in [-0.39, 0.29) is 0 Å². The molecule has 0 bridgehead atoms. The summed E-state index contributed by atoms with van der Waals surface area (Å²) in [5, 5.41) is 9.65. The summed E-state index contributed by atoms with van der Waals surface area (Å²) < 4.78 is 0. The van der Waals surface area contributed by atoms with Gasteiger partial charge in [0.1, 0.15) is 5.15 Å². The molecule has 0 fully saturated rings. The molecule has 0 saturated heterocycles. The number of anilines is 1. The van der Waals surface area contributed by atoms with Gasteiger partial charge in [-0.1, -0.05) is 35.4 Å². The third-order valence-corrected chi connectivity index (χ3v) is 4.13. The minimum atomic E-state index is 0.422. The van der Waals surface area contributed by atoms with Crippen molar-refractivity contribution in [2.45, 2.75) is 6.92 Å². The molecule has 0 aliphatic heterocycles. The van der Waals surface area contributed by atoms with Crippen LogP contribution >= 0.6 is 11.6 Å². The fourth-order valence-corrected chi connectivity index (χ4v) is 2.63. The first-order valence-corrected chi connectivity index (χ1v) is 8.31. The van der Waals surface area contributed by atoms with E-state index in [0.29, 0.717) is 5.15 Å². The normalized spacial score (nSPS) is 11.7. The molecule has 0 atom stereocenters. The lowest BCUT2D eigenvalue weighted by Gasteiger charge is -2.11. The Morgan fingerprint density at radius 1 is 0.960 bits per heavy atom. The highest BCUT2D eigenvalue weighted by atomic mass is 35.5. The molecule has 1 aromatic heterocycles. The Bertz CT molecular complexity index is 944. The van der Waals surface area contributed by atoms with Gasteiger partial charge in [-0.05, 0) is 42.8 Å². The molecule has 0 N–H and O–H groups in total. The van der Waals surface area contributed by atoms with Crippen LogP contribution in [0, 0.1) is 6.92 Å². The lowest BCUT2D eigenvalue weighted by atomic mass is 10.1. The highest BCUT2D eigenvalue weighted by Crippen LogP contribution is 2.20. The van der Waals surface area contributed by atoms with Gasteiger partial charge in [-0.3, -0.25) is 0 Å². The third-order valence-electron chi connectivity index (χ3n) is 3.83. The molecule has 126 valence electrons. The van der Waals surface area contributed by atoms with Crippen LogP contribution in [0.5, 0.6) is 0 Å². The molecule has 25 heavy (non-hydrogen) atoms. The van der Waals surface area contributed by atoms with Crippen LogP contribution in [0.1, 0.15) is 16.7 Å². The Labute approximate surface area is 152 Å². The summed E-state index contributed by atoms with van der Waals surface area (Å²) >= 11 is 6.23. The van der Waals surface area contributed by atoms with Crippen LogP contribution in [0.3, 0.4) is 0 Å². The van der Waals surface area contributed by atoms with Crippen LogP contribution in [-0.4, -0.2) is 31.5 Å². The van der Waals surface area contributed by atoms with E-state index in [1.54, 1.807) is 12.4 Å². The maximum Gasteiger partial charge on any atom is 0.138 e. The second kappa shape index (κ2) is 7.45. The molecule has 0 unspecified atom stereocenters. The van der Waals surface area contributed by atoms with Gasteiger partial charge in [-0.25, -0.2) is 4.98 Å². The molecule has 0 amide bonds. The summed E-state index contributed by atoms with van der Waals surface area (Å²) in [5.74, 6) is 0. The van der Waals surface area contributed by atoms with Crippen LogP contribution in [0.2, 0.25) is 5.15 Å². The Balaban J connectivity index is 1.77. The second-order valence-electron chi connectivity index (χ2n) is 6.04. The Morgan fingerprint density at radius 3 is 2.40 bits per heavy atom. The summed E-state index contributed by atoms with van der Waals surface area (Å²) in [6.45, 7) is 2.05. The molecule has 3 aromatic rings. The van der Waals surface area contributed by atoms with Crippen LogP contribution in [0.25, 0.3) is 10.9 Å². The molecule has 0 spiro atoms. The quantitative estimate of drug-likeness (QED) is 0.388. The van der Waals surface area contributed by atoms with Crippen LogP contribution < -0.4 is 4.90 Å². The number of nitrogens with zero attached hydrogens (tertiary/aromatic N) is 4. The molecule has 4 nitrogen and oxygen atoms in total. The van der Waals surface area contributed by atoms with E-state index in [0.717, 1.165) is 27.7 Å². The van der Waals surface area contributed by atoms with Crippen molar-refractivity contribution in [3.63, 3.8) is 0 Å². The summed E-state index contributed by atoms with van der Waals surface area (Å²) in [6, 6.07) is 16.1. The van der Waals surface area contributed by atoms with E-state index < -0.39 is 0 Å². The number of fused-ring (bicyclic) bond motifs is 1. The van der Waals surface area contributed by atoms with Gasteiger partial charge in [0.05, 0.1) is 17.9 Å². The van der Waals surface area contributed by atoms with Gasteiger partial charge < -0.3 is 4.90 Å². The monoisotopic (exact) mass is 350 g/mol. The number of rotatable bonds is 4. The van der Waals surface area contributed by atoms with Gasteiger partial charge >= 0.3 is 0 Å². The summed E-state index contributed by atoms with van der Waals surface area (Å²) in [7, 11) is 4.02. The van der Waals surface area contributed by atoms with E-state index in [2.05, 4.69) is 26.2 Å². The van der Waals surface area contributed by atoms with Crippen LogP contribution in [0.4, 0.5) is 5.69 Å². The lowest BCUT2D eigenvalue weighted by molar-refractivity contribution is 1.13. The van der Waals surface area contributed by atoms with Gasteiger partial charge in [0.25, 0.3) is 0 Å². The first kappa shape index (κ1) is 17.1. The first-order valence-electron chi connectivity index (χ1n) is 7.93. The fourth-order valence-electron chi connectivity index (χ4n) is 2.43. The zero-order valence-electron chi connectivity index (χ0n) is 14.4. The lowest BCUT2D eigenvalue weighted by Crippen LogP contribution is -2.08. The predicted octanol–water partition coefficient (Wildman–Crippen LogP) is 4.72. The standard InChI is InChI=1S/C20H19ClN4/c1-14-4-9-19-16(10-14)11-17(20(21)24-19)13-23-22-12-15-5-7-18(8-6-15)25(2)3/h4-13H,1-3H3/b22-12-,23-13+. The molecule has 0 radical (unpaired) electrons. The van der Waals surface area contributed by atoms with Crippen molar-refractivity contribution in [3.05, 3.63) is 70.4 Å². The summed E-state index contributed by atoms with van der Waals surface area (Å²) in [5.41, 5.74) is 4.93. The molecule has 3 rings (SSSR count). The summed E-state index contributed by atoms with van der Waals surface area (Å²) in [6.07, 6.45) is 3.34. The maximum absolute atomic E-state index is 6.23. The van der Waals surface area contributed by atoms with E-state index in [4.69, 9.17) is 11.6 Å². The largest absolute Gasteiger partial charge is 0.378 e. The van der Waals surface area contributed by atoms with Gasteiger partial charge in [-0.15, -0.1) is 0 Å². The summed E-state index contributed by atoms with van der Waals surface area (Å²) in [4.78, 5) is 6.45. The molecule has 0 aliphatic rings. The van der Waals surface area contributed by atoms with E-state index in [9.17, 15) is 0 Å². The van der Waals surface area contributed by atoms with Gasteiger partial charge in [-0.2, -0.15) is 10.2 Å². The average Bonchev–Trinajstić information content (AvgIpc) is 2.59. The Morgan fingerprint density at radius 2 is 1.68 bits per heavy atom. The van der Waals surface area contributed by atoms with Crippen molar-refractivity contribution in [3.8, 4) is 0 Å². The predicted molar refractivity (Wildman–Crippen MR) is 107 cm³/mol. The number of pyridine rings is 1. The number of halogens is 1. The SMILES string of the molecule is Cc1ccc2nc(Cl)c(/C=N/N=C\c3ccc(N(C)C)cc3)cc2c1. The number of aromatic nitrogens is 1. The molecule has 0 saturated carbocycles. The second-order valence-corrected chi connectivity index (χ2v) is 6.40. The van der Waals surface area contributed by atoms with Crippen molar-refractivity contribution in [2.75, 3.05) is 19.0 Å². The first-order chi connectivity index (χ1) is 12.0. The number of aryl methyl sites for hydroxylation is 1. The number of hydrogen-bond acceptors (Lipinski definition) is 4. The minimum Gasteiger partial charge on any atom is -0.378 e. The molecule has 2 aromatic carbocycles. The molecule has 1 heterocycles. The van der Waals surface area contributed by atoms with Crippen molar-refractivity contribution >= 4 is 40.6 Å². The zero-order chi connectivity index (χ0) is 17.8. The fraction of sp³-hybridized carbons (Fsp3) is 0.150. The highest BCUT2D eigenvalue weighted by Gasteiger charge is 2.03. The van der Waals surface area contributed by atoms with Crippen LogP contribution in [0.15, 0.2) is 58.7 Å². The number of benzene rings is 2. The highest BCUT2D eigenvalue weighted by molar-refractivity contribution is 6.32. The van der Waals surface area contributed by atoms with Crippen molar-refractivity contribution < 1.29 is 0 Å². The zero-order valence-corrected chi connectivity index (χ0v) is 15.2.